The van der Waals surface area contributed by atoms with Gasteiger partial charge < -0.3 is 4.74 Å². The van der Waals surface area contributed by atoms with Crippen LogP contribution in [0.25, 0.3) is 11.1 Å². The van der Waals surface area contributed by atoms with Gasteiger partial charge in [0.05, 0.1) is 17.1 Å². The molecule has 0 amide bonds. The van der Waals surface area contributed by atoms with E-state index in [1.165, 1.54) is 16.7 Å². The van der Waals surface area contributed by atoms with Crippen molar-refractivity contribution >= 4 is 15.8 Å². The van der Waals surface area contributed by atoms with Gasteiger partial charge in [-0.3, -0.25) is 4.90 Å². The molecule has 26 heavy (non-hydrogen) atoms. The van der Waals surface area contributed by atoms with Gasteiger partial charge in [0, 0.05) is 19.6 Å². The molecule has 1 aliphatic carbocycles. The monoisotopic (exact) mass is 371 g/mol. The Morgan fingerprint density at radius 1 is 1.00 bits per heavy atom. The molecule has 2 aromatic carbocycles. The van der Waals surface area contributed by atoms with Gasteiger partial charge in [-0.1, -0.05) is 30.3 Å². The molecule has 2 aliphatic rings. The van der Waals surface area contributed by atoms with Crippen molar-refractivity contribution in [1.82, 2.24) is 4.90 Å². The van der Waals surface area contributed by atoms with E-state index < -0.39 is 9.84 Å². The van der Waals surface area contributed by atoms with Crippen LogP contribution in [-0.4, -0.2) is 57.0 Å². The number of hydrogen-bond donors (Lipinski definition) is 0. The Hall–Kier alpha value is -2.18. The molecule has 4 rings (SSSR count). The van der Waals surface area contributed by atoms with Gasteiger partial charge >= 0.3 is 5.97 Å². The van der Waals surface area contributed by atoms with Crippen LogP contribution in [0.2, 0.25) is 0 Å². The van der Waals surface area contributed by atoms with E-state index in [1.54, 1.807) is 0 Å². The SMILES string of the molecule is O=C(OCCN1CCS(=O)(=O)CC1)c1ccc2c(c1)Cc1ccccc1-2. The van der Waals surface area contributed by atoms with E-state index in [0.29, 0.717) is 25.2 Å². The molecular weight excluding hydrogens is 350 g/mol. The van der Waals surface area contributed by atoms with Crippen LogP contribution in [0.1, 0.15) is 21.5 Å². The van der Waals surface area contributed by atoms with Crippen LogP contribution >= 0.6 is 0 Å². The Labute approximate surface area is 153 Å². The standard InChI is InChI=1S/C20H21NO4S/c22-20(25-10-7-21-8-11-26(23,24)12-9-21)16-5-6-19-17(14-16)13-15-3-1-2-4-18(15)19/h1-6,14H,7-13H2. The number of esters is 1. The average Bonchev–Trinajstić information content (AvgIpc) is 3.00. The molecule has 0 radical (unpaired) electrons. The molecule has 2 aromatic rings. The van der Waals surface area contributed by atoms with Crippen LogP contribution in [-0.2, 0) is 21.0 Å². The van der Waals surface area contributed by atoms with Crippen molar-refractivity contribution < 1.29 is 17.9 Å². The van der Waals surface area contributed by atoms with Gasteiger partial charge in [-0.05, 0) is 40.8 Å². The van der Waals surface area contributed by atoms with Crippen LogP contribution in [0.5, 0.6) is 0 Å². The van der Waals surface area contributed by atoms with Gasteiger partial charge in [-0.25, -0.2) is 13.2 Å². The average molecular weight is 371 g/mol. The van der Waals surface area contributed by atoms with Crippen LogP contribution in [0.3, 0.4) is 0 Å². The molecule has 0 N–H and O–H groups in total. The smallest absolute Gasteiger partial charge is 0.338 e. The normalized spacial score (nSPS) is 18.2. The largest absolute Gasteiger partial charge is 0.461 e. The quantitative estimate of drug-likeness (QED) is 0.658. The second kappa shape index (κ2) is 6.85. The first kappa shape index (κ1) is 17.2. The third-order valence-electron chi connectivity index (χ3n) is 5.11. The van der Waals surface area contributed by atoms with E-state index >= 15 is 0 Å². The number of rotatable bonds is 4. The number of nitrogens with zero attached hydrogens (tertiary/aromatic N) is 1. The van der Waals surface area contributed by atoms with Gasteiger partial charge in [0.15, 0.2) is 9.84 Å². The highest BCUT2D eigenvalue weighted by atomic mass is 32.2. The van der Waals surface area contributed by atoms with Crippen molar-refractivity contribution in [3.63, 3.8) is 0 Å². The Bertz CT molecular complexity index is 938. The predicted octanol–water partition coefficient (Wildman–Crippen LogP) is 2.14. The third kappa shape index (κ3) is 3.52. The molecule has 1 fully saturated rings. The minimum absolute atomic E-state index is 0.187. The number of hydrogen-bond acceptors (Lipinski definition) is 5. The summed E-state index contributed by atoms with van der Waals surface area (Å²) in [6.45, 7) is 1.86. The third-order valence-corrected chi connectivity index (χ3v) is 6.72. The summed E-state index contributed by atoms with van der Waals surface area (Å²) in [6.07, 6.45) is 0.842. The Morgan fingerprint density at radius 3 is 2.54 bits per heavy atom. The lowest BCUT2D eigenvalue weighted by Gasteiger charge is -2.26. The van der Waals surface area contributed by atoms with Gasteiger partial charge in [0.25, 0.3) is 0 Å². The summed E-state index contributed by atoms with van der Waals surface area (Å²) >= 11 is 0. The topological polar surface area (TPSA) is 63.7 Å². The first-order chi connectivity index (χ1) is 12.5. The highest BCUT2D eigenvalue weighted by Crippen LogP contribution is 2.36. The molecule has 0 spiro atoms. The minimum atomic E-state index is -2.88. The van der Waals surface area contributed by atoms with E-state index in [9.17, 15) is 13.2 Å². The summed E-state index contributed by atoms with van der Waals surface area (Å²) in [5.41, 5.74) is 5.43. The maximum atomic E-state index is 12.3. The van der Waals surface area contributed by atoms with E-state index in [1.807, 2.05) is 35.2 Å². The highest BCUT2D eigenvalue weighted by molar-refractivity contribution is 7.91. The fraction of sp³-hybridized carbons (Fsp3) is 0.350. The van der Waals surface area contributed by atoms with Gasteiger partial charge in [0.1, 0.15) is 6.61 Å². The van der Waals surface area contributed by atoms with Gasteiger partial charge in [0.2, 0.25) is 0 Å². The van der Waals surface area contributed by atoms with Crippen LogP contribution in [0, 0.1) is 0 Å². The lowest BCUT2D eigenvalue weighted by molar-refractivity contribution is 0.0465. The second-order valence-electron chi connectivity index (χ2n) is 6.84. The maximum Gasteiger partial charge on any atom is 0.338 e. The molecular formula is C20H21NO4S. The van der Waals surface area contributed by atoms with E-state index in [4.69, 9.17) is 4.74 Å². The number of carbonyl (C=O) groups excluding carboxylic acids is 1. The molecule has 136 valence electrons. The maximum absolute atomic E-state index is 12.3. The second-order valence-corrected chi connectivity index (χ2v) is 9.14. The van der Waals surface area contributed by atoms with E-state index in [-0.39, 0.29) is 24.1 Å². The fourth-order valence-electron chi connectivity index (χ4n) is 3.60. The summed E-state index contributed by atoms with van der Waals surface area (Å²) in [4.78, 5) is 14.3. The zero-order chi connectivity index (χ0) is 18.1. The molecule has 5 nitrogen and oxygen atoms in total. The van der Waals surface area contributed by atoms with Gasteiger partial charge in [-0.15, -0.1) is 0 Å². The van der Waals surface area contributed by atoms with E-state index in [0.717, 1.165) is 12.0 Å². The molecule has 6 heteroatoms. The van der Waals surface area contributed by atoms with E-state index in [2.05, 4.69) is 12.1 Å². The van der Waals surface area contributed by atoms with Crippen LogP contribution in [0.4, 0.5) is 0 Å². The van der Waals surface area contributed by atoms with Crippen molar-refractivity contribution in [2.24, 2.45) is 0 Å². The Balaban J connectivity index is 1.34. The van der Waals surface area contributed by atoms with Gasteiger partial charge in [-0.2, -0.15) is 0 Å². The first-order valence-electron chi connectivity index (χ1n) is 8.83. The molecule has 0 atom stereocenters. The zero-order valence-corrected chi connectivity index (χ0v) is 15.3. The summed E-state index contributed by atoms with van der Waals surface area (Å²) in [5, 5.41) is 0. The Morgan fingerprint density at radius 2 is 1.73 bits per heavy atom. The molecule has 0 aromatic heterocycles. The summed E-state index contributed by atoms with van der Waals surface area (Å²) in [7, 11) is -2.88. The first-order valence-corrected chi connectivity index (χ1v) is 10.7. The molecule has 1 aliphatic heterocycles. The number of carbonyl (C=O) groups is 1. The molecule has 0 bridgehead atoms. The lowest BCUT2D eigenvalue weighted by Crippen LogP contribution is -2.41. The zero-order valence-electron chi connectivity index (χ0n) is 14.5. The number of sulfone groups is 1. The van der Waals surface area contributed by atoms with Crippen LogP contribution < -0.4 is 0 Å². The summed E-state index contributed by atoms with van der Waals surface area (Å²) < 4.78 is 28.2. The summed E-state index contributed by atoms with van der Waals surface area (Å²) in [5.74, 6) is 0.0481. The van der Waals surface area contributed by atoms with Crippen molar-refractivity contribution in [2.75, 3.05) is 37.7 Å². The minimum Gasteiger partial charge on any atom is -0.461 e. The molecule has 0 saturated carbocycles. The highest BCUT2D eigenvalue weighted by Gasteiger charge is 2.22. The van der Waals surface area contributed by atoms with Crippen molar-refractivity contribution in [3.05, 3.63) is 59.2 Å². The van der Waals surface area contributed by atoms with Crippen molar-refractivity contribution in [3.8, 4) is 11.1 Å². The fourth-order valence-corrected chi connectivity index (χ4v) is 4.87. The molecule has 0 unspecified atom stereocenters. The lowest BCUT2D eigenvalue weighted by atomic mass is 10.0. The van der Waals surface area contributed by atoms with Crippen molar-refractivity contribution in [2.45, 2.75) is 6.42 Å². The predicted molar refractivity (Wildman–Crippen MR) is 100 cm³/mol. The number of benzene rings is 2. The number of fused-ring (bicyclic) bond motifs is 3. The van der Waals surface area contributed by atoms with Crippen LogP contribution in [0.15, 0.2) is 42.5 Å². The number of ether oxygens (including phenoxy) is 1. The Kier molecular flexibility index (Phi) is 4.54. The summed E-state index contributed by atoms with van der Waals surface area (Å²) in [6, 6.07) is 14.0. The van der Waals surface area contributed by atoms with Crippen molar-refractivity contribution in [1.29, 1.82) is 0 Å². The molecule has 1 heterocycles. The molecule has 1 saturated heterocycles.